The lowest BCUT2D eigenvalue weighted by Crippen LogP contribution is -2.28. The zero-order chi connectivity index (χ0) is 37.4. The molecule has 0 fully saturated rings. The third-order valence-corrected chi connectivity index (χ3v) is 8.87. The van der Waals surface area contributed by atoms with Crippen LogP contribution in [0.5, 0.6) is 0 Å². The summed E-state index contributed by atoms with van der Waals surface area (Å²) in [7, 11) is -4.30. The zero-order valence-corrected chi connectivity index (χ0v) is 33.2. The van der Waals surface area contributed by atoms with Gasteiger partial charge in [0.05, 0.1) is 26.2 Å². The fourth-order valence-corrected chi connectivity index (χ4v) is 5.77. The molecule has 0 aliphatic carbocycles. The summed E-state index contributed by atoms with van der Waals surface area (Å²) in [5.41, 5.74) is 5.35. The normalized spacial score (nSPS) is 14.4. The van der Waals surface area contributed by atoms with Gasteiger partial charge in [-0.25, -0.2) is 4.57 Å². The molecule has 0 amide bonds. The summed E-state index contributed by atoms with van der Waals surface area (Å²) in [5, 5.41) is 0. The minimum absolute atomic E-state index is 0.0689. The van der Waals surface area contributed by atoms with Crippen LogP contribution in [0.15, 0.2) is 72.9 Å². The average molecular weight is 736 g/mol. The van der Waals surface area contributed by atoms with Crippen LogP contribution < -0.4 is 5.73 Å². The second-order valence-electron chi connectivity index (χ2n) is 12.8. The molecule has 0 saturated carbocycles. The van der Waals surface area contributed by atoms with Gasteiger partial charge in [0.2, 0.25) is 0 Å². The standard InChI is InChI=1S/C42H74NO7P/c1-3-5-7-9-11-13-15-17-19-20-22-24-26-28-30-32-34-37-47-39-41(40-49-51(45,46)48-38-36-43)50-42(44)35-33-31-29-27-25-23-21-18-16-14-12-10-8-6-4-2/h6,8,12,14,18-21,25,27,31,33,41H,3-5,7,9-11,13,15-17,22-24,26,28-30,32,34-40,43H2,1-2H3,(H,45,46)/b8-6-,14-12-,20-19-,21-18-,27-25-,33-31-. The molecule has 51 heavy (non-hydrogen) atoms. The molecule has 0 aromatic heterocycles. The van der Waals surface area contributed by atoms with Crippen LogP contribution in [0.2, 0.25) is 0 Å². The Morgan fingerprint density at radius 2 is 1.10 bits per heavy atom. The molecule has 9 heteroatoms. The molecular weight excluding hydrogens is 661 g/mol. The van der Waals surface area contributed by atoms with E-state index in [2.05, 4.69) is 74.6 Å². The number of carbonyl (C=O) groups excluding carboxylic acids is 1. The van der Waals surface area contributed by atoms with E-state index in [4.69, 9.17) is 24.3 Å². The van der Waals surface area contributed by atoms with E-state index in [1.54, 1.807) is 6.08 Å². The van der Waals surface area contributed by atoms with E-state index in [0.717, 1.165) is 44.9 Å². The molecule has 294 valence electrons. The van der Waals surface area contributed by atoms with Gasteiger partial charge in [-0.15, -0.1) is 0 Å². The van der Waals surface area contributed by atoms with Gasteiger partial charge < -0.3 is 20.1 Å². The maximum atomic E-state index is 12.5. The van der Waals surface area contributed by atoms with E-state index in [9.17, 15) is 14.3 Å². The minimum atomic E-state index is -4.30. The Kier molecular flexibility index (Phi) is 37.6. The lowest BCUT2D eigenvalue weighted by molar-refractivity contribution is -0.153. The predicted molar refractivity (Wildman–Crippen MR) is 215 cm³/mol. The van der Waals surface area contributed by atoms with Gasteiger partial charge in [0, 0.05) is 13.2 Å². The number of carbonyl (C=O) groups is 1. The first-order chi connectivity index (χ1) is 24.9. The van der Waals surface area contributed by atoms with Crippen LogP contribution in [0, 0.1) is 0 Å². The topological polar surface area (TPSA) is 117 Å². The smallest absolute Gasteiger partial charge is 0.457 e. The molecule has 0 spiro atoms. The number of phosphoric acid groups is 1. The zero-order valence-electron chi connectivity index (χ0n) is 32.3. The van der Waals surface area contributed by atoms with Gasteiger partial charge in [-0.2, -0.15) is 0 Å². The van der Waals surface area contributed by atoms with Crippen LogP contribution in [0.4, 0.5) is 0 Å². The van der Waals surface area contributed by atoms with E-state index in [0.29, 0.717) is 13.0 Å². The Hall–Kier alpha value is -2.06. The largest absolute Gasteiger partial charge is 0.472 e. The van der Waals surface area contributed by atoms with Gasteiger partial charge in [0.15, 0.2) is 0 Å². The quantitative estimate of drug-likeness (QED) is 0.0280. The number of hydrogen-bond acceptors (Lipinski definition) is 7. The Bertz CT molecular complexity index is 1010. The highest BCUT2D eigenvalue weighted by Crippen LogP contribution is 2.43. The number of unbranched alkanes of at least 4 members (excludes halogenated alkanes) is 13. The number of allylic oxidation sites excluding steroid dienone is 11. The molecule has 0 rings (SSSR count). The summed E-state index contributed by atoms with van der Waals surface area (Å²) < 4.78 is 33.2. The number of esters is 1. The first kappa shape index (κ1) is 48.9. The monoisotopic (exact) mass is 736 g/mol. The minimum Gasteiger partial charge on any atom is -0.457 e. The summed E-state index contributed by atoms with van der Waals surface area (Å²) in [4.78, 5) is 22.3. The maximum absolute atomic E-state index is 12.5. The van der Waals surface area contributed by atoms with Gasteiger partial charge in [-0.1, -0.05) is 151 Å². The van der Waals surface area contributed by atoms with Crippen LogP contribution in [-0.4, -0.2) is 49.9 Å². The highest BCUT2D eigenvalue weighted by atomic mass is 31.2. The van der Waals surface area contributed by atoms with Crippen molar-refractivity contribution in [3.05, 3.63) is 72.9 Å². The molecule has 2 unspecified atom stereocenters. The Morgan fingerprint density at radius 3 is 1.63 bits per heavy atom. The fourth-order valence-electron chi connectivity index (χ4n) is 5.01. The van der Waals surface area contributed by atoms with Gasteiger partial charge in [-0.3, -0.25) is 13.8 Å². The highest BCUT2D eigenvalue weighted by molar-refractivity contribution is 7.47. The molecule has 0 aliphatic heterocycles. The first-order valence-electron chi connectivity index (χ1n) is 19.9. The predicted octanol–water partition coefficient (Wildman–Crippen LogP) is 11.6. The van der Waals surface area contributed by atoms with Crippen molar-refractivity contribution in [2.45, 2.75) is 155 Å². The van der Waals surface area contributed by atoms with E-state index >= 15 is 0 Å². The van der Waals surface area contributed by atoms with E-state index in [1.807, 2.05) is 6.08 Å². The van der Waals surface area contributed by atoms with Crippen molar-refractivity contribution in [1.82, 2.24) is 0 Å². The average Bonchev–Trinajstić information content (AvgIpc) is 3.12. The Labute approximate surface area is 312 Å². The number of rotatable bonds is 37. The van der Waals surface area contributed by atoms with Crippen molar-refractivity contribution in [1.29, 1.82) is 0 Å². The third-order valence-electron chi connectivity index (χ3n) is 7.89. The molecule has 0 radical (unpaired) electrons. The Morgan fingerprint density at radius 1 is 0.608 bits per heavy atom. The molecule has 2 atom stereocenters. The van der Waals surface area contributed by atoms with Crippen LogP contribution in [0.1, 0.15) is 149 Å². The van der Waals surface area contributed by atoms with Crippen molar-refractivity contribution < 1.29 is 32.8 Å². The SMILES string of the molecule is CC/C=C\C/C=C\C/C=C\C/C=C\C/C=C\CC(=O)OC(COCCCCCCCC/C=C\CCCCCCCCC)COP(=O)(O)OCCN. The van der Waals surface area contributed by atoms with Gasteiger partial charge in [-0.05, 0) is 64.2 Å². The highest BCUT2D eigenvalue weighted by Gasteiger charge is 2.25. The number of phosphoric ester groups is 1. The molecule has 0 bridgehead atoms. The third kappa shape index (κ3) is 39.0. The maximum Gasteiger partial charge on any atom is 0.472 e. The van der Waals surface area contributed by atoms with E-state index in [-0.39, 0.29) is 32.8 Å². The molecule has 0 saturated heterocycles. The summed E-state index contributed by atoms with van der Waals surface area (Å²) in [5.74, 6) is -0.461. The van der Waals surface area contributed by atoms with Crippen LogP contribution in [0.25, 0.3) is 0 Å². The fraction of sp³-hybridized carbons (Fsp3) is 0.690. The summed E-state index contributed by atoms with van der Waals surface area (Å²) in [6, 6.07) is 0. The molecule has 8 nitrogen and oxygen atoms in total. The molecule has 0 heterocycles. The molecule has 0 aromatic rings. The summed E-state index contributed by atoms with van der Waals surface area (Å²) in [6.07, 6.45) is 48.0. The van der Waals surface area contributed by atoms with Crippen molar-refractivity contribution in [2.24, 2.45) is 5.73 Å². The van der Waals surface area contributed by atoms with Gasteiger partial charge in [0.25, 0.3) is 0 Å². The molecule has 0 aromatic carbocycles. The number of nitrogens with two attached hydrogens (primary N) is 1. The van der Waals surface area contributed by atoms with Gasteiger partial charge in [0.1, 0.15) is 6.10 Å². The van der Waals surface area contributed by atoms with E-state index in [1.165, 1.54) is 77.0 Å². The van der Waals surface area contributed by atoms with E-state index < -0.39 is 19.9 Å². The second-order valence-corrected chi connectivity index (χ2v) is 14.2. The molecule has 0 aliphatic rings. The number of hydrogen-bond donors (Lipinski definition) is 2. The first-order valence-corrected chi connectivity index (χ1v) is 21.4. The van der Waals surface area contributed by atoms with Crippen molar-refractivity contribution in [2.75, 3.05) is 33.0 Å². The summed E-state index contributed by atoms with van der Waals surface area (Å²) in [6.45, 7) is 4.63. The van der Waals surface area contributed by atoms with Crippen molar-refractivity contribution >= 4 is 13.8 Å². The molecule has 3 N–H and O–H groups in total. The van der Waals surface area contributed by atoms with Gasteiger partial charge >= 0.3 is 13.8 Å². The Balaban J connectivity index is 4.22. The van der Waals surface area contributed by atoms with Crippen LogP contribution >= 0.6 is 7.82 Å². The second kappa shape index (κ2) is 39.2. The summed E-state index contributed by atoms with van der Waals surface area (Å²) >= 11 is 0. The van der Waals surface area contributed by atoms with Crippen LogP contribution in [-0.2, 0) is 27.9 Å². The number of ether oxygens (including phenoxy) is 2. The lowest BCUT2D eigenvalue weighted by Gasteiger charge is -2.19. The van der Waals surface area contributed by atoms with Crippen molar-refractivity contribution in [3.8, 4) is 0 Å². The van der Waals surface area contributed by atoms with Crippen molar-refractivity contribution in [3.63, 3.8) is 0 Å². The van der Waals surface area contributed by atoms with Crippen LogP contribution in [0.3, 0.4) is 0 Å². The molecular formula is C42H74NO7P. The lowest BCUT2D eigenvalue weighted by atomic mass is 10.1.